The van der Waals surface area contributed by atoms with E-state index in [1.54, 1.807) is 22.7 Å². The highest BCUT2D eigenvalue weighted by atomic mass is 35.5. The number of fused-ring (bicyclic) bond motifs is 1. The van der Waals surface area contributed by atoms with E-state index in [-0.39, 0.29) is 5.91 Å². The Balaban J connectivity index is 1.55. The third-order valence-electron chi connectivity index (χ3n) is 4.56. The first-order valence-electron chi connectivity index (χ1n) is 8.84. The largest absolute Gasteiger partial charge is 0.317 e. The third-order valence-corrected chi connectivity index (χ3v) is 6.98. The summed E-state index contributed by atoms with van der Waals surface area (Å²) in [6.07, 6.45) is 5.90. The molecule has 0 aliphatic heterocycles. The molecular weight excluding hydrogens is 386 g/mol. The number of halogens is 1. The van der Waals surface area contributed by atoms with E-state index >= 15 is 0 Å². The lowest BCUT2D eigenvalue weighted by atomic mass is 10.1. The van der Waals surface area contributed by atoms with Gasteiger partial charge in [-0.3, -0.25) is 4.79 Å². The first-order valence-corrected chi connectivity index (χ1v) is 10.8. The van der Waals surface area contributed by atoms with E-state index < -0.39 is 0 Å². The Kier molecular flexibility index (Phi) is 6.71. The van der Waals surface area contributed by atoms with E-state index in [0.29, 0.717) is 18.5 Å². The van der Waals surface area contributed by atoms with Crippen molar-refractivity contribution < 1.29 is 4.79 Å². The Morgan fingerprint density at radius 2 is 2.12 bits per heavy atom. The van der Waals surface area contributed by atoms with Crippen LogP contribution in [0.15, 0.2) is 12.1 Å². The summed E-state index contributed by atoms with van der Waals surface area (Å²) in [5, 5.41) is 13.2. The van der Waals surface area contributed by atoms with Crippen LogP contribution in [0.2, 0.25) is 4.34 Å². The summed E-state index contributed by atoms with van der Waals surface area (Å²) in [7, 11) is 2.00. The Morgan fingerprint density at radius 3 is 2.85 bits per heavy atom. The van der Waals surface area contributed by atoms with E-state index in [4.69, 9.17) is 11.6 Å². The fourth-order valence-corrected chi connectivity index (χ4v) is 5.64. The van der Waals surface area contributed by atoms with Gasteiger partial charge in [-0.15, -0.1) is 22.7 Å². The number of hydrogen-bond acceptors (Lipinski definition) is 5. The monoisotopic (exact) mass is 407 g/mol. The molecule has 0 saturated heterocycles. The standard InChI is InChI=1S/C19H22ClN3OS2/c1-23(12-13-7-8-17(20)25-13)10-9-18(24)22-19-15(11-21)14-5-3-2-4-6-16(14)26-19/h7-8H,2-6,9-10,12H2,1H3,(H,22,24). The highest BCUT2D eigenvalue weighted by Gasteiger charge is 2.21. The van der Waals surface area contributed by atoms with Crippen molar-refractivity contribution in [3.63, 3.8) is 0 Å². The normalized spacial score (nSPS) is 13.9. The van der Waals surface area contributed by atoms with E-state index in [1.165, 1.54) is 22.6 Å². The quantitative estimate of drug-likeness (QED) is 0.680. The third kappa shape index (κ3) is 4.86. The number of carbonyl (C=O) groups excluding carboxylic acids is 1. The van der Waals surface area contributed by atoms with Gasteiger partial charge in [-0.1, -0.05) is 18.0 Å². The Labute approximate surface area is 167 Å². The molecule has 0 atom stereocenters. The van der Waals surface area contributed by atoms with Crippen molar-refractivity contribution in [2.75, 3.05) is 18.9 Å². The van der Waals surface area contributed by atoms with Crippen LogP contribution in [0, 0.1) is 11.3 Å². The van der Waals surface area contributed by atoms with Crippen LogP contribution < -0.4 is 5.32 Å². The summed E-state index contributed by atoms with van der Waals surface area (Å²) in [6.45, 7) is 1.44. The zero-order chi connectivity index (χ0) is 18.5. The summed E-state index contributed by atoms with van der Waals surface area (Å²) in [5.41, 5.74) is 1.85. The van der Waals surface area contributed by atoms with Crippen molar-refractivity contribution >= 4 is 45.2 Å². The van der Waals surface area contributed by atoms with Crippen molar-refractivity contribution in [3.8, 4) is 6.07 Å². The van der Waals surface area contributed by atoms with Gasteiger partial charge in [0, 0.05) is 29.3 Å². The van der Waals surface area contributed by atoms with E-state index in [9.17, 15) is 10.1 Å². The SMILES string of the molecule is CN(CCC(=O)Nc1sc2c(c1C#N)CCCCC2)Cc1ccc(Cl)s1. The number of thiophene rings is 2. The molecule has 4 nitrogen and oxygen atoms in total. The molecule has 0 saturated carbocycles. The second-order valence-corrected chi connectivity index (χ2v) is 9.53. The maximum absolute atomic E-state index is 12.4. The molecule has 0 radical (unpaired) electrons. The predicted octanol–water partition coefficient (Wildman–Crippen LogP) is 5.06. The van der Waals surface area contributed by atoms with Crippen molar-refractivity contribution in [2.45, 2.75) is 45.1 Å². The highest BCUT2D eigenvalue weighted by molar-refractivity contribution is 7.16. The second-order valence-electron chi connectivity index (χ2n) is 6.62. The molecule has 0 aromatic carbocycles. The van der Waals surface area contributed by atoms with Crippen molar-refractivity contribution in [3.05, 3.63) is 37.4 Å². The predicted molar refractivity (Wildman–Crippen MR) is 109 cm³/mol. The fourth-order valence-electron chi connectivity index (χ4n) is 3.21. The van der Waals surface area contributed by atoms with Crippen LogP contribution in [-0.2, 0) is 24.2 Å². The molecule has 1 amide bonds. The summed E-state index contributed by atoms with van der Waals surface area (Å²) >= 11 is 9.10. The molecule has 3 rings (SSSR count). The van der Waals surface area contributed by atoms with Gasteiger partial charge in [0.1, 0.15) is 11.1 Å². The fraction of sp³-hybridized carbons (Fsp3) is 0.474. The number of amides is 1. The van der Waals surface area contributed by atoms with Gasteiger partial charge >= 0.3 is 0 Å². The average molecular weight is 408 g/mol. The van der Waals surface area contributed by atoms with Crippen LogP contribution in [0.3, 0.4) is 0 Å². The number of nitriles is 1. The van der Waals surface area contributed by atoms with Gasteiger partial charge in [-0.05, 0) is 50.4 Å². The zero-order valence-electron chi connectivity index (χ0n) is 14.8. The molecule has 0 bridgehead atoms. The average Bonchev–Trinajstić information content (AvgIpc) is 3.07. The molecule has 1 aliphatic rings. The molecule has 138 valence electrons. The molecule has 2 heterocycles. The minimum atomic E-state index is -0.0334. The number of hydrogen-bond donors (Lipinski definition) is 1. The Bertz CT molecular complexity index is 821. The van der Waals surface area contributed by atoms with Gasteiger partial charge in [0.05, 0.1) is 9.90 Å². The number of aryl methyl sites for hydroxylation is 1. The number of carbonyl (C=O) groups is 1. The summed E-state index contributed by atoms with van der Waals surface area (Å²) < 4.78 is 0.785. The molecule has 2 aromatic heterocycles. The molecule has 0 spiro atoms. The van der Waals surface area contributed by atoms with Crippen molar-refractivity contribution in [2.24, 2.45) is 0 Å². The highest BCUT2D eigenvalue weighted by Crippen LogP contribution is 2.37. The van der Waals surface area contributed by atoms with Gasteiger partial charge in [0.15, 0.2) is 0 Å². The summed E-state index contributed by atoms with van der Waals surface area (Å²) in [4.78, 5) is 16.9. The van der Waals surface area contributed by atoms with Crippen LogP contribution in [-0.4, -0.2) is 24.4 Å². The Hall–Kier alpha value is -1.39. The minimum absolute atomic E-state index is 0.0334. The zero-order valence-corrected chi connectivity index (χ0v) is 17.2. The van der Waals surface area contributed by atoms with E-state index in [2.05, 4.69) is 16.3 Å². The van der Waals surface area contributed by atoms with Crippen LogP contribution in [0.4, 0.5) is 5.00 Å². The molecule has 0 fully saturated rings. The number of rotatable bonds is 6. The lowest BCUT2D eigenvalue weighted by Crippen LogP contribution is -2.23. The van der Waals surface area contributed by atoms with Gasteiger partial charge in [0.25, 0.3) is 0 Å². The Morgan fingerprint density at radius 1 is 1.31 bits per heavy atom. The minimum Gasteiger partial charge on any atom is -0.317 e. The van der Waals surface area contributed by atoms with Crippen molar-refractivity contribution in [1.29, 1.82) is 5.26 Å². The van der Waals surface area contributed by atoms with Gasteiger partial charge in [0.2, 0.25) is 5.91 Å². The summed E-state index contributed by atoms with van der Waals surface area (Å²) in [6, 6.07) is 6.22. The first kappa shape index (κ1) is 19.4. The smallest absolute Gasteiger partial charge is 0.226 e. The molecule has 26 heavy (non-hydrogen) atoms. The van der Waals surface area contributed by atoms with Crippen molar-refractivity contribution in [1.82, 2.24) is 4.90 Å². The lowest BCUT2D eigenvalue weighted by molar-refractivity contribution is -0.116. The lowest BCUT2D eigenvalue weighted by Gasteiger charge is -2.15. The number of nitrogens with one attached hydrogen (secondary N) is 1. The number of nitrogens with zero attached hydrogens (tertiary/aromatic N) is 2. The van der Waals surface area contributed by atoms with E-state index in [1.807, 2.05) is 19.2 Å². The molecule has 1 N–H and O–H groups in total. The maximum Gasteiger partial charge on any atom is 0.226 e. The van der Waals surface area contributed by atoms with Crippen LogP contribution in [0.5, 0.6) is 0 Å². The second kappa shape index (κ2) is 9.01. The molecule has 0 unspecified atom stereocenters. The van der Waals surface area contributed by atoms with Gasteiger partial charge < -0.3 is 10.2 Å². The summed E-state index contributed by atoms with van der Waals surface area (Å²) in [5.74, 6) is -0.0334. The molecule has 1 aliphatic carbocycles. The van der Waals surface area contributed by atoms with Gasteiger partial charge in [-0.2, -0.15) is 5.26 Å². The topological polar surface area (TPSA) is 56.1 Å². The van der Waals surface area contributed by atoms with Gasteiger partial charge in [-0.25, -0.2) is 0 Å². The molecule has 2 aromatic rings. The van der Waals surface area contributed by atoms with Crippen LogP contribution >= 0.6 is 34.3 Å². The molecular formula is C19H22ClN3OS2. The maximum atomic E-state index is 12.4. The molecule has 7 heteroatoms. The van der Waals surface area contributed by atoms with E-state index in [0.717, 1.165) is 40.7 Å². The number of anilines is 1. The van der Waals surface area contributed by atoms with Crippen LogP contribution in [0.1, 0.15) is 46.6 Å². The first-order chi connectivity index (χ1) is 12.6. The van der Waals surface area contributed by atoms with Crippen LogP contribution in [0.25, 0.3) is 0 Å².